The zero-order valence-corrected chi connectivity index (χ0v) is 21.7. The lowest BCUT2D eigenvalue weighted by atomic mass is 10.0. The minimum Gasteiger partial charge on any atom is -0.478 e. The molecule has 0 spiro atoms. The first kappa shape index (κ1) is 24.4. The number of carboxylic acids is 1. The molecule has 2 aromatic heterocycles. The fourth-order valence-electron chi connectivity index (χ4n) is 4.69. The van der Waals surface area contributed by atoms with Gasteiger partial charge in [-0.25, -0.2) is 9.48 Å². The van der Waals surface area contributed by atoms with Crippen LogP contribution in [-0.4, -0.2) is 36.4 Å². The molecular weight excluding hydrogens is 510 g/mol. The van der Waals surface area contributed by atoms with Crippen LogP contribution in [-0.2, 0) is 6.54 Å². The molecule has 0 bridgehead atoms. The van der Waals surface area contributed by atoms with Crippen molar-refractivity contribution in [3.05, 3.63) is 113 Å². The third-order valence-corrected chi connectivity index (χ3v) is 7.30. The van der Waals surface area contributed by atoms with Crippen molar-refractivity contribution in [1.82, 2.24) is 24.7 Å². The summed E-state index contributed by atoms with van der Waals surface area (Å²) in [5.41, 5.74) is 5.25. The molecule has 0 fully saturated rings. The molecule has 0 aliphatic carbocycles. The number of rotatable bonds is 7. The molecule has 6 aromatic rings. The van der Waals surface area contributed by atoms with Crippen molar-refractivity contribution in [2.45, 2.75) is 19.5 Å². The monoisotopic (exact) mass is 533 g/mol. The summed E-state index contributed by atoms with van der Waals surface area (Å²) in [6.07, 6.45) is 0. The third kappa shape index (κ3) is 4.87. The number of aromatic carboxylic acids is 1. The van der Waals surface area contributed by atoms with E-state index in [0.717, 1.165) is 33.2 Å². The first-order valence-electron chi connectivity index (χ1n) is 12.4. The average molecular weight is 534 g/mol. The summed E-state index contributed by atoms with van der Waals surface area (Å²) in [6, 6.07) is 26.2. The number of aromatic nitrogens is 4. The van der Waals surface area contributed by atoms with Gasteiger partial charge in [-0.05, 0) is 76.8 Å². The van der Waals surface area contributed by atoms with Gasteiger partial charge in [0, 0.05) is 10.9 Å². The van der Waals surface area contributed by atoms with Crippen LogP contribution >= 0.6 is 11.5 Å². The molecule has 6 rings (SSSR count). The first-order chi connectivity index (χ1) is 19.0. The highest BCUT2D eigenvalue weighted by Crippen LogP contribution is 2.28. The second-order valence-corrected chi connectivity index (χ2v) is 9.99. The van der Waals surface area contributed by atoms with E-state index in [9.17, 15) is 14.7 Å². The number of carbonyl (C=O) groups is 2. The second-order valence-electron chi connectivity index (χ2n) is 9.33. The standard InChI is InChI=1S/C30H23N5O3S/c1-18(20-8-10-22(11-9-20)30(37)38)31-29(36)25-15-24(26-12-13-39-33-26)16-27-28(25)35(34-32-27)17-19-6-7-21-4-2-3-5-23(21)14-19/h2-16,18H,17H2,1H3,(H,31,36)(H,37,38)/t18-/m0/s1. The van der Waals surface area contributed by atoms with E-state index in [1.807, 2.05) is 42.6 Å². The number of fused-ring (bicyclic) bond motifs is 2. The van der Waals surface area contributed by atoms with Gasteiger partial charge < -0.3 is 10.4 Å². The predicted molar refractivity (Wildman–Crippen MR) is 151 cm³/mol. The molecule has 0 aliphatic rings. The molecule has 39 heavy (non-hydrogen) atoms. The molecule has 0 saturated carbocycles. The van der Waals surface area contributed by atoms with Gasteiger partial charge in [0.2, 0.25) is 0 Å². The molecule has 8 nitrogen and oxygen atoms in total. The Hall–Kier alpha value is -4.89. The smallest absolute Gasteiger partial charge is 0.335 e. The van der Waals surface area contributed by atoms with Crippen LogP contribution in [0.15, 0.2) is 90.3 Å². The normalized spacial score (nSPS) is 12.0. The topological polar surface area (TPSA) is 110 Å². The molecule has 0 saturated heterocycles. The minimum atomic E-state index is -0.994. The second kappa shape index (κ2) is 10.1. The van der Waals surface area contributed by atoms with Crippen LogP contribution in [0, 0.1) is 0 Å². The van der Waals surface area contributed by atoms with Crippen molar-refractivity contribution in [3.63, 3.8) is 0 Å². The molecule has 1 amide bonds. The lowest BCUT2D eigenvalue weighted by Gasteiger charge is -2.16. The Morgan fingerprint density at radius 1 is 0.974 bits per heavy atom. The third-order valence-electron chi connectivity index (χ3n) is 6.74. The highest BCUT2D eigenvalue weighted by Gasteiger charge is 2.21. The molecule has 1 atom stereocenters. The summed E-state index contributed by atoms with van der Waals surface area (Å²) >= 11 is 1.34. The van der Waals surface area contributed by atoms with E-state index >= 15 is 0 Å². The molecule has 0 aliphatic heterocycles. The number of hydrogen-bond donors (Lipinski definition) is 2. The summed E-state index contributed by atoms with van der Waals surface area (Å²) in [6.45, 7) is 2.31. The van der Waals surface area contributed by atoms with Gasteiger partial charge in [-0.15, -0.1) is 5.10 Å². The van der Waals surface area contributed by atoms with Gasteiger partial charge in [-0.3, -0.25) is 4.79 Å². The van der Waals surface area contributed by atoms with E-state index in [4.69, 9.17) is 0 Å². The molecule has 9 heteroatoms. The maximum absolute atomic E-state index is 13.7. The van der Waals surface area contributed by atoms with Crippen LogP contribution in [0.3, 0.4) is 0 Å². The Balaban J connectivity index is 1.38. The number of amides is 1. The number of hydrogen-bond acceptors (Lipinski definition) is 6. The average Bonchev–Trinajstić information content (AvgIpc) is 3.63. The fraction of sp³-hybridized carbons (Fsp3) is 0.100. The van der Waals surface area contributed by atoms with E-state index < -0.39 is 5.97 Å². The number of carbonyl (C=O) groups excluding carboxylic acids is 1. The van der Waals surface area contributed by atoms with E-state index in [0.29, 0.717) is 23.1 Å². The van der Waals surface area contributed by atoms with Crippen LogP contribution < -0.4 is 5.32 Å². The van der Waals surface area contributed by atoms with Crippen molar-refractivity contribution < 1.29 is 14.7 Å². The van der Waals surface area contributed by atoms with Gasteiger partial charge in [0.05, 0.1) is 29.4 Å². The lowest BCUT2D eigenvalue weighted by Crippen LogP contribution is -2.27. The van der Waals surface area contributed by atoms with Gasteiger partial charge in [0.15, 0.2) is 0 Å². The summed E-state index contributed by atoms with van der Waals surface area (Å²) in [7, 11) is 0. The molecule has 192 valence electrons. The predicted octanol–water partition coefficient (Wildman–Crippen LogP) is 5.95. The maximum Gasteiger partial charge on any atom is 0.335 e. The summed E-state index contributed by atoms with van der Waals surface area (Å²) < 4.78 is 6.19. The Morgan fingerprint density at radius 3 is 2.51 bits per heavy atom. The van der Waals surface area contributed by atoms with Crippen LogP contribution in [0.1, 0.15) is 44.8 Å². The van der Waals surface area contributed by atoms with Gasteiger partial charge in [0.1, 0.15) is 11.0 Å². The molecule has 0 unspecified atom stereocenters. The van der Waals surface area contributed by atoms with E-state index in [1.54, 1.807) is 16.8 Å². The van der Waals surface area contributed by atoms with Crippen molar-refractivity contribution >= 4 is 45.2 Å². The number of carboxylic acid groups (broad SMARTS) is 1. The van der Waals surface area contributed by atoms with E-state index in [-0.39, 0.29) is 17.5 Å². The van der Waals surface area contributed by atoms with Crippen molar-refractivity contribution in [3.8, 4) is 11.3 Å². The highest BCUT2D eigenvalue weighted by atomic mass is 32.1. The van der Waals surface area contributed by atoms with Crippen LogP contribution in [0.2, 0.25) is 0 Å². The van der Waals surface area contributed by atoms with Crippen molar-refractivity contribution in [1.29, 1.82) is 0 Å². The lowest BCUT2D eigenvalue weighted by molar-refractivity contribution is 0.0696. The first-order valence-corrected chi connectivity index (χ1v) is 13.2. The fourth-order valence-corrected chi connectivity index (χ4v) is 5.22. The van der Waals surface area contributed by atoms with Crippen LogP contribution in [0.25, 0.3) is 33.1 Å². The van der Waals surface area contributed by atoms with Crippen molar-refractivity contribution in [2.24, 2.45) is 0 Å². The van der Waals surface area contributed by atoms with Crippen LogP contribution in [0.4, 0.5) is 0 Å². The quantitative estimate of drug-likeness (QED) is 0.263. The number of nitrogens with one attached hydrogen (secondary N) is 1. The SMILES string of the molecule is C[C@H](NC(=O)c1cc(-c2ccsn2)cc2nnn(Cc3ccc4ccccc4c3)c12)c1ccc(C(=O)O)cc1. The molecule has 2 heterocycles. The highest BCUT2D eigenvalue weighted by molar-refractivity contribution is 7.03. The Kier molecular flexibility index (Phi) is 6.34. The van der Waals surface area contributed by atoms with E-state index in [1.165, 1.54) is 23.7 Å². The van der Waals surface area contributed by atoms with Gasteiger partial charge in [-0.2, -0.15) is 4.37 Å². The summed E-state index contributed by atoms with van der Waals surface area (Å²) in [5.74, 6) is -1.28. The molecule has 0 radical (unpaired) electrons. The zero-order valence-electron chi connectivity index (χ0n) is 20.9. The van der Waals surface area contributed by atoms with Crippen molar-refractivity contribution in [2.75, 3.05) is 0 Å². The Morgan fingerprint density at radius 2 is 1.77 bits per heavy atom. The summed E-state index contributed by atoms with van der Waals surface area (Å²) in [4.78, 5) is 24.9. The van der Waals surface area contributed by atoms with Gasteiger partial charge in [0.25, 0.3) is 5.91 Å². The largest absolute Gasteiger partial charge is 0.478 e. The Labute approximate surface area is 227 Å². The number of benzene rings is 4. The van der Waals surface area contributed by atoms with E-state index in [2.05, 4.69) is 50.3 Å². The van der Waals surface area contributed by atoms with Gasteiger partial charge >= 0.3 is 5.97 Å². The molecule has 2 N–H and O–H groups in total. The van der Waals surface area contributed by atoms with Gasteiger partial charge in [-0.1, -0.05) is 53.7 Å². The van der Waals surface area contributed by atoms with Crippen LogP contribution in [0.5, 0.6) is 0 Å². The zero-order chi connectivity index (χ0) is 26.9. The molecule has 4 aromatic carbocycles. The Bertz CT molecular complexity index is 1830. The molecular formula is C30H23N5O3S. The summed E-state index contributed by atoms with van der Waals surface area (Å²) in [5, 5.41) is 25.2. The minimum absolute atomic E-state index is 0.193. The number of nitrogens with zero attached hydrogens (tertiary/aromatic N) is 4. The maximum atomic E-state index is 13.7.